The standard InChI is InChI=1S/C16H25N5O/c1-12-9-15-16(17-5-6-21(15)18-12)19(4)7-8-20-10-13(2)22-14(3)11-20/h5-6,9,13-14H,7-8,10-11H2,1-4H3/t13-,14+. The molecule has 1 fully saturated rings. The average molecular weight is 303 g/mol. The van der Waals surface area contributed by atoms with E-state index in [1.165, 1.54) is 0 Å². The molecule has 6 heteroatoms. The quantitative estimate of drug-likeness (QED) is 0.858. The van der Waals surface area contributed by atoms with Gasteiger partial charge in [-0.05, 0) is 26.8 Å². The van der Waals surface area contributed by atoms with Gasteiger partial charge in [0.1, 0.15) is 5.52 Å². The first-order valence-corrected chi connectivity index (χ1v) is 7.93. The van der Waals surface area contributed by atoms with Crippen molar-refractivity contribution in [3.63, 3.8) is 0 Å². The van der Waals surface area contributed by atoms with E-state index in [1.54, 1.807) is 0 Å². The largest absolute Gasteiger partial charge is 0.373 e. The summed E-state index contributed by atoms with van der Waals surface area (Å²) < 4.78 is 7.68. The summed E-state index contributed by atoms with van der Waals surface area (Å²) in [5.74, 6) is 0.984. The molecule has 0 unspecified atom stereocenters. The van der Waals surface area contributed by atoms with Crippen molar-refractivity contribution < 1.29 is 4.74 Å². The lowest BCUT2D eigenvalue weighted by Crippen LogP contribution is -2.47. The molecular formula is C16H25N5O. The van der Waals surface area contributed by atoms with Gasteiger partial charge in [0.2, 0.25) is 0 Å². The molecule has 3 rings (SSSR count). The number of likely N-dealkylation sites (N-methyl/N-ethyl adjacent to an activating group) is 1. The van der Waals surface area contributed by atoms with Gasteiger partial charge >= 0.3 is 0 Å². The van der Waals surface area contributed by atoms with E-state index in [-0.39, 0.29) is 0 Å². The SMILES string of the molecule is Cc1cc2c(N(C)CCN3C[C@@H](C)O[C@@H](C)C3)nccn2n1. The van der Waals surface area contributed by atoms with Crippen LogP contribution in [0.2, 0.25) is 0 Å². The molecule has 3 heterocycles. The molecule has 2 aromatic rings. The van der Waals surface area contributed by atoms with Crippen molar-refractivity contribution in [2.45, 2.75) is 33.0 Å². The van der Waals surface area contributed by atoms with Crippen LogP contribution in [0.4, 0.5) is 5.82 Å². The molecule has 0 saturated carbocycles. The van der Waals surface area contributed by atoms with Crippen LogP contribution in [0.3, 0.4) is 0 Å². The summed E-state index contributed by atoms with van der Waals surface area (Å²) in [6.07, 6.45) is 4.33. The van der Waals surface area contributed by atoms with Gasteiger partial charge in [-0.1, -0.05) is 0 Å². The van der Waals surface area contributed by atoms with Gasteiger partial charge in [0.25, 0.3) is 0 Å². The van der Waals surface area contributed by atoms with Crippen molar-refractivity contribution >= 4 is 11.3 Å². The Labute approximate surface area is 131 Å². The fourth-order valence-corrected chi connectivity index (χ4v) is 3.19. The first kappa shape index (κ1) is 15.2. The summed E-state index contributed by atoms with van der Waals surface area (Å²) in [5.41, 5.74) is 2.07. The van der Waals surface area contributed by atoms with Gasteiger partial charge in [0.15, 0.2) is 5.82 Å². The summed E-state index contributed by atoms with van der Waals surface area (Å²) in [7, 11) is 2.10. The first-order chi connectivity index (χ1) is 10.5. The second kappa shape index (κ2) is 6.22. The molecule has 2 atom stereocenters. The van der Waals surface area contributed by atoms with E-state index in [0.717, 1.165) is 43.2 Å². The summed E-state index contributed by atoms with van der Waals surface area (Å²) >= 11 is 0. The molecule has 120 valence electrons. The Morgan fingerprint density at radius 1 is 1.32 bits per heavy atom. The van der Waals surface area contributed by atoms with Crippen LogP contribution < -0.4 is 4.90 Å². The summed E-state index contributed by atoms with van der Waals surface area (Å²) in [6.45, 7) is 10.3. The number of fused-ring (bicyclic) bond motifs is 1. The number of rotatable bonds is 4. The molecule has 0 aliphatic carbocycles. The summed E-state index contributed by atoms with van der Waals surface area (Å²) in [6, 6.07) is 2.08. The minimum Gasteiger partial charge on any atom is -0.373 e. The van der Waals surface area contributed by atoms with Crippen molar-refractivity contribution in [1.29, 1.82) is 0 Å². The summed E-state index contributed by atoms with van der Waals surface area (Å²) in [4.78, 5) is 9.21. The van der Waals surface area contributed by atoms with Gasteiger partial charge in [-0.15, -0.1) is 0 Å². The predicted molar refractivity (Wildman–Crippen MR) is 87.4 cm³/mol. The van der Waals surface area contributed by atoms with Gasteiger partial charge < -0.3 is 9.64 Å². The zero-order valence-corrected chi connectivity index (χ0v) is 13.9. The topological polar surface area (TPSA) is 45.9 Å². The maximum Gasteiger partial charge on any atom is 0.154 e. The molecule has 22 heavy (non-hydrogen) atoms. The van der Waals surface area contributed by atoms with Crippen LogP contribution in [-0.4, -0.2) is 64.9 Å². The third kappa shape index (κ3) is 3.23. The van der Waals surface area contributed by atoms with E-state index >= 15 is 0 Å². The molecule has 0 amide bonds. The second-order valence-electron chi connectivity index (χ2n) is 6.30. The van der Waals surface area contributed by atoms with Crippen molar-refractivity contribution in [3.8, 4) is 0 Å². The Balaban J connectivity index is 1.67. The molecular weight excluding hydrogens is 278 g/mol. The molecule has 0 N–H and O–H groups in total. The van der Waals surface area contributed by atoms with Crippen molar-refractivity contribution in [1.82, 2.24) is 19.5 Å². The highest BCUT2D eigenvalue weighted by Gasteiger charge is 2.22. The highest BCUT2D eigenvalue weighted by atomic mass is 16.5. The van der Waals surface area contributed by atoms with Crippen LogP contribution in [0.25, 0.3) is 5.52 Å². The highest BCUT2D eigenvalue weighted by molar-refractivity contribution is 5.68. The van der Waals surface area contributed by atoms with Crippen LogP contribution in [0, 0.1) is 6.92 Å². The average Bonchev–Trinajstić information content (AvgIpc) is 2.83. The van der Waals surface area contributed by atoms with E-state index in [2.05, 4.69) is 46.8 Å². The maximum atomic E-state index is 5.79. The predicted octanol–water partition coefficient (Wildman–Crippen LogP) is 1.58. The lowest BCUT2D eigenvalue weighted by molar-refractivity contribution is -0.0670. The van der Waals surface area contributed by atoms with E-state index in [1.807, 2.05) is 23.8 Å². The highest BCUT2D eigenvalue weighted by Crippen LogP contribution is 2.18. The molecule has 0 aromatic carbocycles. The number of aromatic nitrogens is 3. The smallest absolute Gasteiger partial charge is 0.154 e. The van der Waals surface area contributed by atoms with Gasteiger partial charge in [-0.25, -0.2) is 9.50 Å². The van der Waals surface area contributed by atoms with E-state index < -0.39 is 0 Å². The van der Waals surface area contributed by atoms with Crippen molar-refractivity contribution in [2.24, 2.45) is 0 Å². The number of morpholine rings is 1. The Hall–Kier alpha value is -1.66. The Kier molecular flexibility index (Phi) is 4.31. The molecule has 6 nitrogen and oxygen atoms in total. The van der Waals surface area contributed by atoms with Crippen LogP contribution in [-0.2, 0) is 4.74 Å². The number of ether oxygens (including phenoxy) is 1. The number of aryl methyl sites for hydroxylation is 1. The summed E-state index contributed by atoms with van der Waals surface area (Å²) in [5, 5.41) is 4.45. The second-order valence-corrected chi connectivity index (χ2v) is 6.30. The molecule has 2 aromatic heterocycles. The van der Waals surface area contributed by atoms with Crippen LogP contribution >= 0.6 is 0 Å². The van der Waals surface area contributed by atoms with E-state index in [9.17, 15) is 0 Å². The van der Waals surface area contributed by atoms with Crippen molar-refractivity contribution in [3.05, 3.63) is 24.2 Å². The number of hydrogen-bond donors (Lipinski definition) is 0. The van der Waals surface area contributed by atoms with Gasteiger partial charge in [-0.3, -0.25) is 4.90 Å². The maximum absolute atomic E-state index is 5.79. The molecule has 1 saturated heterocycles. The Bertz CT molecular complexity index is 630. The normalized spacial score (nSPS) is 23.1. The molecule has 0 bridgehead atoms. The minimum absolute atomic E-state index is 0.313. The number of hydrogen-bond acceptors (Lipinski definition) is 5. The Morgan fingerprint density at radius 2 is 2.05 bits per heavy atom. The Morgan fingerprint density at radius 3 is 2.77 bits per heavy atom. The number of anilines is 1. The fraction of sp³-hybridized carbons (Fsp3) is 0.625. The van der Waals surface area contributed by atoms with Crippen LogP contribution in [0.1, 0.15) is 19.5 Å². The zero-order chi connectivity index (χ0) is 15.7. The monoisotopic (exact) mass is 303 g/mol. The van der Waals surface area contributed by atoms with Crippen LogP contribution in [0.5, 0.6) is 0 Å². The fourth-order valence-electron chi connectivity index (χ4n) is 3.19. The van der Waals surface area contributed by atoms with E-state index in [0.29, 0.717) is 12.2 Å². The third-order valence-corrected chi connectivity index (χ3v) is 4.10. The van der Waals surface area contributed by atoms with Crippen LogP contribution in [0.15, 0.2) is 18.5 Å². The molecule has 0 spiro atoms. The van der Waals surface area contributed by atoms with Gasteiger partial charge in [0, 0.05) is 45.6 Å². The third-order valence-electron chi connectivity index (χ3n) is 4.10. The van der Waals surface area contributed by atoms with E-state index in [4.69, 9.17) is 4.74 Å². The van der Waals surface area contributed by atoms with Gasteiger partial charge in [-0.2, -0.15) is 5.10 Å². The molecule has 0 radical (unpaired) electrons. The lowest BCUT2D eigenvalue weighted by Gasteiger charge is -2.36. The lowest BCUT2D eigenvalue weighted by atomic mass is 10.2. The van der Waals surface area contributed by atoms with Crippen molar-refractivity contribution in [2.75, 3.05) is 38.1 Å². The first-order valence-electron chi connectivity index (χ1n) is 7.93. The number of nitrogens with zero attached hydrogens (tertiary/aromatic N) is 5. The minimum atomic E-state index is 0.313. The zero-order valence-electron chi connectivity index (χ0n) is 13.9. The molecule has 1 aliphatic heterocycles. The molecule has 1 aliphatic rings. The van der Waals surface area contributed by atoms with Gasteiger partial charge in [0.05, 0.1) is 17.9 Å².